The maximum absolute atomic E-state index is 13.0. The zero-order valence-corrected chi connectivity index (χ0v) is 10.3. The fraction of sp³-hybridized carbons (Fsp3) is 0.571. The summed E-state index contributed by atoms with van der Waals surface area (Å²) in [5.41, 5.74) is 0.804. The largest absolute Gasteiger partial charge is 0.309 e. The molecule has 1 aromatic carbocycles. The summed E-state index contributed by atoms with van der Waals surface area (Å²) in [5.74, 6) is -1.54. The number of nitrogens with one attached hydrogen (secondary N) is 1. The van der Waals surface area contributed by atoms with Crippen LogP contribution in [0.2, 0.25) is 0 Å². The van der Waals surface area contributed by atoms with E-state index < -0.39 is 11.6 Å². The van der Waals surface area contributed by atoms with Gasteiger partial charge >= 0.3 is 0 Å². The molecule has 1 aromatic rings. The second kappa shape index (κ2) is 4.94. The van der Waals surface area contributed by atoms with Crippen LogP contribution in [0.25, 0.3) is 0 Å². The minimum absolute atomic E-state index is 0.485. The van der Waals surface area contributed by atoms with Crippen molar-refractivity contribution < 1.29 is 8.78 Å². The molecular weight excluding hydrogens is 234 g/mol. The van der Waals surface area contributed by atoms with E-state index in [4.69, 9.17) is 0 Å². The van der Waals surface area contributed by atoms with Crippen molar-refractivity contribution in [2.24, 2.45) is 0 Å². The van der Waals surface area contributed by atoms with E-state index in [2.05, 4.69) is 10.2 Å². The Labute approximate surface area is 106 Å². The molecule has 2 fully saturated rings. The van der Waals surface area contributed by atoms with Gasteiger partial charge in [0.25, 0.3) is 0 Å². The van der Waals surface area contributed by atoms with E-state index >= 15 is 0 Å². The Morgan fingerprint density at radius 1 is 1.17 bits per heavy atom. The molecule has 1 aliphatic carbocycles. The Bertz CT molecular complexity index is 432. The fourth-order valence-electron chi connectivity index (χ4n) is 2.64. The molecule has 0 amide bonds. The lowest BCUT2D eigenvalue weighted by Crippen LogP contribution is -2.32. The first-order chi connectivity index (χ1) is 8.72. The molecule has 1 atom stereocenters. The number of nitrogens with zero attached hydrogens (tertiary/aromatic N) is 1. The highest BCUT2D eigenvalue weighted by atomic mass is 19.2. The molecule has 0 radical (unpaired) electrons. The average Bonchev–Trinajstić information content (AvgIpc) is 3.11. The molecule has 1 N–H and O–H groups in total. The van der Waals surface area contributed by atoms with Crippen LogP contribution in [0.15, 0.2) is 18.2 Å². The quantitative estimate of drug-likeness (QED) is 0.884. The highest BCUT2D eigenvalue weighted by Gasteiger charge is 2.33. The lowest BCUT2D eigenvalue weighted by molar-refractivity contribution is 0.317. The molecule has 1 aliphatic heterocycles. The van der Waals surface area contributed by atoms with Crippen LogP contribution in [0.1, 0.15) is 24.8 Å². The Hall–Kier alpha value is -1.00. The van der Waals surface area contributed by atoms with E-state index in [0.717, 1.165) is 24.6 Å². The van der Waals surface area contributed by atoms with Crippen molar-refractivity contribution in [2.45, 2.75) is 37.9 Å². The Kier molecular flexibility index (Phi) is 3.31. The summed E-state index contributed by atoms with van der Waals surface area (Å²) < 4.78 is 25.8. The molecule has 2 nitrogen and oxygen atoms in total. The zero-order valence-electron chi connectivity index (χ0n) is 10.3. The molecule has 1 saturated heterocycles. The minimum atomic E-state index is -0.778. The van der Waals surface area contributed by atoms with Gasteiger partial charge in [0.15, 0.2) is 11.6 Å². The van der Waals surface area contributed by atoms with E-state index in [9.17, 15) is 8.78 Å². The number of likely N-dealkylation sites (tertiary alicyclic amines) is 1. The number of hydrogen-bond donors (Lipinski definition) is 1. The van der Waals surface area contributed by atoms with Crippen LogP contribution in [0.3, 0.4) is 0 Å². The van der Waals surface area contributed by atoms with Gasteiger partial charge in [-0.2, -0.15) is 0 Å². The van der Waals surface area contributed by atoms with Crippen LogP contribution in [0.4, 0.5) is 8.78 Å². The lowest BCUT2D eigenvalue weighted by atomic mass is 10.2. The molecular formula is C14H18F2N2. The molecule has 1 unspecified atom stereocenters. The van der Waals surface area contributed by atoms with Gasteiger partial charge < -0.3 is 5.32 Å². The number of hydrogen-bond acceptors (Lipinski definition) is 2. The summed E-state index contributed by atoms with van der Waals surface area (Å²) in [5, 5.41) is 3.43. The van der Waals surface area contributed by atoms with E-state index in [-0.39, 0.29) is 0 Å². The highest BCUT2D eigenvalue weighted by Crippen LogP contribution is 2.29. The molecule has 18 heavy (non-hydrogen) atoms. The summed E-state index contributed by atoms with van der Waals surface area (Å²) in [7, 11) is 0. The normalized spacial score (nSPS) is 24.7. The number of halogens is 2. The van der Waals surface area contributed by atoms with E-state index in [1.807, 2.05) is 0 Å². The van der Waals surface area contributed by atoms with Crippen LogP contribution in [0, 0.1) is 11.6 Å². The van der Waals surface area contributed by atoms with Crippen molar-refractivity contribution in [2.75, 3.05) is 13.1 Å². The second-order valence-corrected chi connectivity index (χ2v) is 5.34. The van der Waals surface area contributed by atoms with Gasteiger partial charge in [-0.05, 0) is 37.0 Å². The van der Waals surface area contributed by atoms with Gasteiger partial charge in [-0.1, -0.05) is 6.07 Å². The molecule has 0 spiro atoms. The third-order valence-electron chi connectivity index (χ3n) is 3.86. The molecule has 0 aromatic heterocycles. The topological polar surface area (TPSA) is 15.3 Å². The van der Waals surface area contributed by atoms with Crippen LogP contribution in [-0.2, 0) is 6.54 Å². The number of benzene rings is 1. The molecule has 2 aliphatic rings. The van der Waals surface area contributed by atoms with E-state index in [0.29, 0.717) is 12.6 Å². The Morgan fingerprint density at radius 2 is 2.00 bits per heavy atom. The van der Waals surface area contributed by atoms with Gasteiger partial charge in [0.1, 0.15) is 0 Å². The maximum Gasteiger partial charge on any atom is 0.159 e. The van der Waals surface area contributed by atoms with Crippen LogP contribution < -0.4 is 5.32 Å². The number of rotatable bonds is 4. The molecule has 3 rings (SSSR count). The first-order valence-electron chi connectivity index (χ1n) is 6.64. The predicted molar refractivity (Wildman–Crippen MR) is 66.2 cm³/mol. The van der Waals surface area contributed by atoms with Crippen molar-refractivity contribution in [1.82, 2.24) is 10.2 Å². The summed E-state index contributed by atoms with van der Waals surface area (Å²) in [6.07, 6.45) is 3.84. The summed E-state index contributed by atoms with van der Waals surface area (Å²) in [4.78, 5) is 2.53. The SMILES string of the molecule is Fc1ccc(CNC2CCN(C3CC3)C2)cc1F. The first-order valence-corrected chi connectivity index (χ1v) is 6.64. The zero-order chi connectivity index (χ0) is 12.5. The lowest BCUT2D eigenvalue weighted by Gasteiger charge is -2.15. The molecule has 0 bridgehead atoms. The molecule has 4 heteroatoms. The van der Waals surface area contributed by atoms with Crippen LogP contribution in [0.5, 0.6) is 0 Å². The van der Waals surface area contributed by atoms with Gasteiger partial charge in [-0.25, -0.2) is 8.78 Å². The summed E-state index contributed by atoms with van der Waals surface area (Å²) in [6.45, 7) is 2.87. The van der Waals surface area contributed by atoms with Gasteiger partial charge in [0.05, 0.1) is 0 Å². The van der Waals surface area contributed by atoms with E-state index in [1.165, 1.54) is 31.5 Å². The Balaban J connectivity index is 1.50. The van der Waals surface area contributed by atoms with E-state index in [1.54, 1.807) is 6.07 Å². The van der Waals surface area contributed by atoms with Gasteiger partial charge in [0, 0.05) is 31.7 Å². The fourth-order valence-corrected chi connectivity index (χ4v) is 2.64. The third-order valence-corrected chi connectivity index (χ3v) is 3.86. The summed E-state index contributed by atoms with van der Waals surface area (Å²) in [6, 6.07) is 5.41. The van der Waals surface area contributed by atoms with Crippen LogP contribution >= 0.6 is 0 Å². The van der Waals surface area contributed by atoms with Crippen molar-refractivity contribution in [3.63, 3.8) is 0 Å². The summed E-state index contributed by atoms with van der Waals surface area (Å²) >= 11 is 0. The van der Waals surface area contributed by atoms with Gasteiger partial charge in [-0.3, -0.25) is 4.90 Å². The first kappa shape index (κ1) is 12.1. The maximum atomic E-state index is 13.0. The smallest absolute Gasteiger partial charge is 0.159 e. The molecule has 1 saturated carbocycles. The van der Waals surface area contributed by atoms with Crippen molar-refractivity contribution in [3.05, 3.63) is 35.4 Å². The van der Waals surface area contributed by atoms with Crippen molar-refractivity contribution >= 4 is 0 Å². The third kappa shape index (κ3) is 2.70. The van der Waals surface area contributed by atoms with Crippen molar-refractivity contribution in [3.8, 4) is 0 Å². The van der Waals surface area contributed by atoms with Crippen LogP contribution in [-0.4, -0.2) is 30.1 Å². The Morgan fingerprint density at radius 3 is 2.72 bits per heavy atom. The molecule has 98 valence electrons. The predicted octanol–water partition coefficient (Wildman–Crippen LogP) is 2.29. The van der Waals surface area contributed by atoms with Gasteiger partial charge in [0.2, 0.25) is 0 Å². The standard InChI is InChI=1S/C14H18F2N2/c15-13-4-1-10(7-14(13)16)8-17-11-5-6-18(9-11)12-2-3-12/h1,4,7,11-12,17H,2-3,5-6,8-9H2. The van der Waals surface area contributed by atoms with Gasteiger partial charge in [-0.15, -0.1) is 0 Å². The molecule has 1 heterocycles. The monoisotopic (exact) mass is 252 g/mol. The average molecular weight is 252 g/mol. The minimum Gasteiger partial charge on any atom is -0.309 e. The highest BCUT2D eigenvalue weighted by molar-refractivity contribution is 5.17. The van der Waals surface area contributed by atoms with Crippen molar-refractivity contribution in [1.29, 1.82) is 0 Å². The second-order valence-electron chi connectivity index (χ2n) is 5.34.